The zero-order valence-electron chi connectivity index (χ0n) is 14.1. The van der Waals surface area contributed by atoms with Crippen LogP contribution in [0.3, 0.4) is 0 Å². The van der Waals surface area contributed by atoms with E-state index in [4.69, 9.17) is 5.73 Å². The largest absolute Gasteiger partial charge is 0.355 e. The highest BCUT2D eigenvalue weighted by Gasteiger charge is 2.37. The molecular formula is C18H24N2O3S. The van der Waals surface area contributed by atoms with Crippen LogP contribution < -0.4 is 11.1 Å². The first kappa shape index (κ1) is 18.7. The number of Topliss-reactive ketones (excluding diaryl/α,β-unsaturated/α-hetero) is 1. The van der Waals surface area contributed by atoms with Crippen molar-refractivity contribution >= 4 is 28.6 Å². The molecule has 130 valence electrons. The number of nitrogens with two attached hydrogens (primary N) is 1. The Morgan fingerprint density at radius 1 is 1.38 bits per heavy atom. The molecule has 1 saturated heterocycles. The van der Waals surface area contributed by atoms with E-state index in [1.807, 2.05) is 31.2 Å². The van der Waals surface area contributed by atoms with Crippen LogP contribution in [0, 0.1) is 18.8 Å². The molecule has 0 aromatic heterocycles. The molecule has 24 heavy (non-hydrogen) atoms. The van der Waals surface area contributed by atoms with E-state index < -0.39 is 12.0 Å². The number of hydrogen-bond acceptors (Lipinski definition) is 5. The molecule has 1 aromatic rings. The molecule has 6 heteroatoms. The molecule has 1 aliphatic rings. The van der Waals surface area contributed by atoms with Crippen molar-refractivity contribution in [3.05, 3.63) is 35.4 Å². The molecular weight excluding hydrogens is 324 g/mol. The minimum absolute atomic E-state index is 0.00523. The third-order valence-corrected chi connectivity index (χ3v) is 5.45. The lowest BCUT2D eigenvalue weighted by Gasteiger charge is -2.30. The number of aryl methyl sites for hydroxylation is 1. The monoisotopic (exact) mass is 348 g/mol. The third-order valence-electron chi connectivity index (χ3n) is 4.47. The van der Waals surface area contributed by atoms with Gasteiger partial charge in [0.05, 0.1) is 6.04 Å². The van der Waals surface area contributed by atoms with Crippen molar-refractivity contribution in [1.82, 2.24) is 5.32 Å². The molecule has 0 bridgehead atoms. The summed E-state index contributed by atoms with van der Waals surface area (Å²) in [5.41, 5.74) is 8.14. The number of carbonyl (C=O) groups is 3. The zero-order chi connectivity index (χ0) is 17.7. The van der Waals surface area contributed by atoms with Crippen LogP contribution in [0.15, 0.2) is 24.3 Å². The Bertz CT molecular complexity index is 632. The number of carbonyl (C=O) groups excluding carboxylic acids is 3. The summed E-state index contributed by atoms with van der Waals surface area (Å²) in [5.74, 6) is -0.641. The Kier molecular flexibility index (Phi) is 6.57. The number of ketones is 1. The Labute approximate surface area is 146 Å². The van der Waals surface area contributed by atoms with Crippen LogP contribution in [0.4, 0.5) is 0 Å². The van der Waals surface area contributed by atoms with E-state index in [1.54, 1.807) is 0 Å². The van der Waals surface area contributed by atoms with Gasteiger partial charge in [-0.15, -0.1) is 0 Å². The van der Waals surface area contributed by atoms with Crippen LogP contribution in [0.2, 0.25) is 0 Å². The average Bonchev–Trinajstić information content (AvgIpc) is 2.55. The Morgan fingerprint density at radius 2 is 2.08 bits per heavy atom. The summed E-state index contributed by atoms with van der Waals surface area (Å²) in [4.78, 5) is 36.1. The number of rotatable bonds is 6. The van der Waals surface area contributed by atoms with Crippen molar-refractivity contribution in [3.8, 4) is 0 Å². The predicted molar refractivity (Wildman–Crippen MR) is 95.6 cm³/mol. The number of thioether (sulfide) groups is 1. The molecule has 1 unspecified atom stereocenters. The smallest absolute Gasteiger partial charge is 0.237 e. The van der Waals surface area contributed by atoms with E-state index in [0.29, 0.717) is 25.1 Å². The molecule has 1 aromatic carbocycles. The topological polar surface area (TPSA) is 89.3 Å². The fourth-order valence-corrected chi connectivity index (χ4v) is 3.74. The van der Waals surface area contributed by atoms with Gasteiger partial charge in [0.2, 0.25) is 5.91 Å². The molecule has 3 N–H and O–H groups in total. The molecule has 0 saturated carbocycles. The molecule has 1 heterocycles. The number of piperidine rings is 1. The van der Waals surface area contributed by atoms with Crippen molar-refractivity contribution in [3.63, 3.8) is 0 Å². The summed E-state index contributed by atoms with van der Waals surface area (Å²) in [6.45, 7) is 3.98. The highest BCUT2D eigenvalue weighted by molar-refractivity contribution is 8.13. The van der Waals surface area contributed by atoms with E-state index in [-0.39, 0.29) is 22.7 Å². The Hall–Kier alpha value is -1.66. The van der Waals surface area contributed by atoms with Crippen LogP contribution in [0.5, 0.6) is 0 Å². The van der Waals surface area contributed by atoms with E-state index in [9.17, 15) is 14.4 Å². The Morgan fingerprint density at radius 3 is 2.75 bits per heavy atom. The Balaban J connectivity index is 2.18. The molecule has 0 radical (unpaired) electrons. The summed E-state index contributed by atoms with van der Waals surface area (Å²) in [5, 5.41) is 2.68. The van der Waals surface area contributed by atoms with Crippen LogP contribution >= 0.6 is 11.8 Å². The lowest BCUT2D eigenvalue weighted by molar-refractivity contribution is -0.134. The normalized spacial score (nSPS) is 21.9. The SMILES string of the molecule is CC(=O)SC[C@@H](Cc1ccccc1C)C(=O)[C@H]1CCNC(=O)C1N. The van der Waals surface area contributed by atoms with E-state index >= 15 is 0 Å². The maximum atomic E-state index is 13.0. The van der Waals surface area contributed by atoms with Crippen molar-refractivity contribution in [2.45, 2.75) is 32.7 Å². The van der Waals surface area contributed by atoms with Gasteiger partial charge in [0.15, 0.2) is 5.12 Å². The second-order valence-corrected chi connectivity index (χ2v) is 7.44. The van der Waals surface area contributed by atoms with Gasteiger partial charge in [-0.2, -0.15) is 0 Å². The lowest BCUT2D eigenvalue weighted by Crippen LogP contribution is -2.54. The number of benzene rings is 1. The van der Waals surface area contributed by atoms with Gasteiger partial charge in [-0.3, -0.25) is 14.4 Å². The molecule has 3 atom stereocenters. The van der Waals surface area contributed by atoms with Gasteiger partial charge in [0.1, 0.15) is 5.78 Å². The van der Waals surface area contributed by atoms with Crippen LogP contribution in [0.25, 0.3) is 0 Å². The average molecular weight is 348 g/mol. The van der Waals surface area contributed by atoms with Gasteiger partial charge in [0.25, 0.3) is 0 Å². The zero-order valence-corrected chi connectivity index (χ0v) is 14.9. The maximum Gasteiger partial charge on any atom is 0.237 e. The fourth-order valence-electron chi connectivity index (χ4n) is 3.02. The second kappa shape index (κ2) is 8.44. The molecule has 0 aliphatic carbocycles. The van der Waals surface area contributed by atoms with Crippen LogP contribution in [-0.2, 0) is 20.8 Å². The van der Waals surface area contributed by atoms with Gasteiger partial charge in [0, 0.05) is 31.1 Å². The summed E-state index contributed by atoms with van der Waals surface area (Å²) in [6.07, 6.45) is 1.12. The molecule has 5 nitrogen and oxygen atoms in total. The standard InChI is InChI=1S/C18H24N2O3S/c1-11-5-3-4-6-13(11)9-14(10-24-12(2)21)17(22)15-7-8-20-18(23)16(15)19/h3-6,14-16H,7-10,19H2,1-2H3,(H,20,23)/t14-,15+,16?/m1/s1. The number of nitrogens with one attached hydrogen (secondary N) is 1. The molecule has 1 aliphatic heterocycles. The summed E-state index contributed by atoms with van der Waals surface area (Å²) in [7, 11) is 0. The molecule has 2 rings (SSSR count). The van der Waals surface area contributed by atoms with Crippen molar-refractivity contribution < 1.29 is 14.4 Å². The van der Waals surface area contributed by atoms with Crippen LogP contribution in [-0.4, -0.2) is 35.1 Å². The number of amides is 1. The highest BCUT2D eigenvalue weighted by atomic mass is 32.2. The highest BCUT2D eigenvalue weighted by Crippen LogP contribution is 2.25. The van der Waals surface area contributed by atoms with Gasteiger partial charge in [-0.05, 0) is 30.9 Å². The first-order valence-electron chi connectivity index (χ1n) is 8.15. The quantitative estimate of drug-likeness (QED) is 0.812. The molecule has 1 fully saturated rings. The van der Waals surface area contributed by atoms with Gasteiger partial charge >= 0.3 is 0 Å². The summed E-state index contributed by atoms with van der Waals surface area (Å²) < 4.78 is 0. The van der Waals surface area contributed by atoms with Gasteiger partial charge in [-0.1, -0.05) is 36.0 Å². The van der Waals surface area contributed by atoms with E-state index in [1.165, 1.54) is 6.92 Å². The van der Waals surface area contributed by atoms with Gasteiger partial charge < -0.3 is 11.1 Å². The molecule has 1 amide bonds. The van der Waals surface area contributed by atoms with Gasteiger partial charge in [-0.25, -0.2) is 0 Å². The third kappa shape index (κ3) is 4.68. The summed E-state index contributed by atoms with van der Waals surface area (Å²) in [6, 6.07) is 7.12. The van der Waals surface area contributed by atoms with E-state index in [0.717, 1.165) is 22.9 Å². The van der Waals surface area contributed by atoms with Crippen molar-refractivity contribution in [2.24, 2.45) is 17.6 Å². The number of hydrogen-bond donors (Lipinski definition) is 2. The first-order valence-corrected chi connectivity index (χ1v) is 9.13. The summed E-state index contributed by atoms with van der Waals surface area (Å²) >= 11 is 1.16. The predicted octanol–water partition coefficient (Wildman–Crippen LogP) is 1.47. The second-order valence-electron chi connectivity index (χ2n) is 6.24. The molecule has 0 spiro atoms. The van der Waals surface area contributed by atoms with Crippen molar-refractivity contribution in [1.29, 1.82) is 0 Å². The van der Waals surface area contributed by atoms with Crippen molar-refractivity contribution in [2.75, 3.05) is 12.3 Å². The lowest BCUT2D eigenvalue weighted by atomic mass is 9.81. The fraction of sp³-hybridized carbons (Fsp3) is 0.500. The minimum Gasteiger partial charge on any atom is -0.355 e. The van der Waals surface area contributed by atoms with E-state index in [2.05, 4.69) is 5.32 Å². The van der Waals surface area contributed by atoms with Crippen LogP contribution in [0.1, 0.15) is 24.5 Å². The first-order chi connectivity index (χ1) is 11.4. The minimum atomic E-state index is -0.798. The maximum absolute atomic E-state index is 13.0.